The van der Waals surface area contributed by atoms with E-state index in [0.717, 1.165) is 10.3 Å². The summed E-state index contributed by atoms with van der Waals surface area (Å²) < 4.78 is 8.73. The molecule has 0 aliphatic rings. The van der Waals surface area contributed by atoms with Gasteiger partial charge < -0.3 is 20.3 Å². The summed E-state index contributed by atoms with van der Waals surface area (Å²) in [7, 11) is 1.56. The summed E-state index contributed by atoms with van der Waals surface area (Å²) in [5.41, 5.74) is 2.92. The number of carbonyl (C=O) groups excluding carboxylic acids is 2. The molecular formula is C24H23BrCl4N6O3. The van der Waals surface area contributed by atoms with E-state index in [-0.39, 0.29) is 48.9 Å². The number of imidazole rings is 1. The van der Waals surface area contributed by atoms with Gasteiger partial charge in [-0.15, -0.1) is 24.8 Å². The number of aryl methyl sites for hydroxylation is 1. The number of rotatable bonds is 7. The molecule has 0 fully saturated rings. The average molecular weight is 665 g/mol. The smallest absolute Gasteiger partial charge is 0.319 e. The topological polar surface area (TPSA) is 101 Å². The van der Waals surface area contributed by atoms with Crippen LogP contribution in [0.5, 0.6) is 5.75 Å². The fourth-order valence-electron chi connectivity index (χ4n) is 3.39. The Morgan fingerprint density at radius 2 is 1.92 bits per heavy atom. The van der Waals surface area contributed by atoms with E-state index in [1.54, 1.807) is 43.6 Å². The van der Waals surface area contributed by atoms with Crippen molar-refractivity contribution in [1.29, 1.82) is 0 Å². The van der Waals surface area contributed by atoms with Gasteiger partial charge in [-0.2, -0.15) is 0 Å². The van der Waals surface area contributed by atoms with Crippen LogP contribution >= 0.6 is 63.9 Å². The molecule has 0 saturated heterocycles. The van der Waals surface area contributed by atoms with Gasteiger partial charge in [0.1, 0.15) is 11.2 Å². The summed E-state index contributed by atoms with van der Waals surface area (Å²) in [6.07, 6.45) is 4.96. The van der Waals surface area contributed by atoms with Crippen molar-refractivity contribution >= 4 is 92.9 Å². The largest absolute Gasteiger partial charge is 0.485 e. The molecule has 4 rings (SSSR count). The second-order valence-corrected chi connectivity index (χ2v) is 9.24. The second-order valence-electron chi connectivity index (χ2n) is 7.70. The Bertz CT molecular complexity index is 1440. The lowest BCUT2D eigenvalue weighted by molar-refractivity contribution is -0.117. The molecule has 3 amide bonds. The number of nitrogens with zero attached hydrogens (tertiary/aromatic N) is 4. The summed E-state index contributed by atoms with van der Waals surface area (Å²) in [4.78, 5) is 34.6. The average Bonchev–Trinajstić information content (AvgIpc) is 3.16. The summed E-state index contributed by atoms with van der Waals surface area (Å²) in [6.45, 7) is 1.70. The molecule has 0 spiro atoms. The van der Waals surface area contributed by atoms with Crippen molar-refractivity contribution in [3.8, 4) is 5.75 Å². The molecule has 3 aromatic heterocycles. The van der Waals surface area contributed by atoms with Gasteiger partial charge in [-0.05, 0) is 59.3 Å². The number of likely N-dealkylation sites (N-methyl/N-ethyl adjacent to an activating group) is 1. The predicted octanol–water partition coefficient (Wildman–Crippen LogP) is 6.31. The Morgan fingerprint density at radius 3 is 2.63 bits per heavy atom. The third kappa shape index (κ3) is 7.00. The van der Waals surface area contributed by atoms with E-state index in [2.05, 4.69) is 36.5 Å². The van der Waals surface area contributed by atoms with Crippen molar-refractivity contribution in [2.24, 2.45) is 0 Å². The van der Waals surface area contributed by atoms with Crippen LogP contribution in [0.25, 0.3) is 5.65 Å². The van der Waals surface area contributed by atoms with Crippen molar-refractivity contribution in [2.45, 2.75) is 13.5 Å². The van der Waals surface area contributed by atoms with Crippen LogP contribution < -0.4 is 20.3 Å². The van der Waals surface area contributed by atoms with Crippen molar-refractivity contribution in [3.63, 3.8) is 0 Å². The number of halogens is 5. The number of fused-ring (bicyclic) bond motifs is 1. The fourth-order valence-corrected chi connectivity index (χ4v) is 4.37. The number of anilines is 2. The van der Waals surface area contributed by atoms with E-state index in [9.17, 15) is 9.59 Å². The van der Waals surface area contributed by atoms with E-state index < -0.39 is 6.03 Å². The van der Waals surface area contributed by atoms with Gasteiger partial charge in [0.25, 0.3) is 0 Å². The zero-order valence-electron chi connectivity index (χ0n) is 20.1. The molecule has 1 aromatic carbocycles. The number of hydrogen-bond acceptors (Lipinski definition) is 5. The molecule has 0 aliphatic carbocycles. The minimum Gasteiger partial charge on any atom is -0.485 e. The Hall–Kier alpha value is -2.76. The third-order valence-corrected chi connectivity index (χ3v) is 7.04. The van der Waals surface area contributed by atoms with Crippen LogP contribution in [0.15, 0.2) is 59.6 Å². The van der Waals surface area contributed by atoms with E-state index >= 15 is 0 Å². The molecule has 4 aromatic rings. The van der Waals surface area contributed by atoms with Gasteiger partial charge in [-0.25, -0.2) is 9.78 Å². The molecule has 0 unspecified atom stereocenters. The lowest BCUT2D eigenvalue weighted by Crippen LogP contribution is -2.40. The number of amides is 3. The number of carbonyl (C=O) groups is 2. The molecular weight excluding hydrogens is 642 g/mol. The number of benzene rings is 1. The molecule has 0 saturated carbocycles. The number of ether oxygens (including phenoxy) is 1. The molecule has 0 radical (unpaired) electrons. The first-order chi connectivity index (χ1) is 17.3. The quantitative estimate of drug-likeness (QED) is 0.241. The minimum absolute atomic E-state index is 0. The van der Waals surface area contributed by atoms with Crippen LogP contribution in [-0.4, -0.2) is 39.9 Å². The summed E-state index contributed by atoms with van der Waals surface area (Å²) in [5, 5.41) is 5.79. The van der Waals surface area contributed by atoms with Crippen LogP contribution in [0.4, 0.5) is 16.2 Å². The number of hydrogen-bond donors (Lipinski definition) is 2. The highest BCUT2D eigenvalue weighted by Gasteiger charge is 2.20. The van der Waals surface area contributed by atoms with Crippen LogP contribution in [0, 0.1) is 6.92 Å². The summed E-state index contributed by atoms with van der Waals surface area (Å²) in [6, 6.07) is 9.77. The molecule has 2 N–H and O–H groups in total. The number of urea groups is 1. The normalized spacial score (nSPS) is 10.2. The first-order valence-electron chi connectivity index (χ1n) is 10.7. The highest BCUT2D eigenvalue weighted by molar-refractivity contribution is 9.10. The maximum Gasteiger partial charge on any atom is 0.319 e. The molecule has 14 heteroatoms. The van der Waals surface area contributed by atoms with Crippen LogP contribution in [0.2, 0.25) is 10.0 Å². The van der Waals surface area contributed by atoms with Crippen LogP contribution in [0.1, 0.15) is 11.3 Å². The van der Waals surface area contributed by atoms with E-state index in [1.807, 2.05) is 23.6 Å². The molecule has 3 heterocycles. The van der Waals surface area contributed by atoms with Gasteiger partial charge in [0, 0.05) is 30.0 Å². The zero-order valence-corrected chi connectivity index (χ0v) is 24.8. The highest BCUT2D eigenvalue weighted by atomic mass is 79.9. The Labute approximate surface area is 249 Å². The van der Waals surface area contributed by atoms with E-state index in [0.29, 0.717) is 33.4 Å². The zero-order chi connectivity index (χ0) is 25.8. The minimum atomic E-state index is -0.531. The lowest BCUT2D eigenvalue weighted by atomic mass is 10.2. The van der Waals surface area contributed by atoms with Crippen molar-refractivity contribution < 1.29 is 14.3 Å². The Balaban J connectivity index is 0.00000253. The van der Waals surface area contributed by atoms with Gasteiger partial charge in [0.05, 0.1) is 34.8 Å². The number of pyridine rings is 2. The van der Waals surface area contributed by atoms with Crippen molar-refractivity contribution in [1.82, 2.24) is 19.7 Å². The molecule has 38 heavy (non-hydrogen) atoms. The molecule has 9 nitrogen and oxygen atoms in total. The summed E-state index contributed by atoms with van der Waals surface area (Å²) in [5.74, 6) is 0.173. The second kappa shape index (κ2) is 13.9. The molecule has 0 atom stereocenters. The number of nitrogens with one attached hydrogen (secondary N) is 2. The van der Waals surface area contributed by atoms with Crippen LogP contribution in [-0.2, 0) is 11.4 Å². The Kier molecular flexibility index (Phi) is 11.5. The van der Waals surface area contributed by atoms with Gasteiger partial charge >= 0.3 is 6.03 Å². The van der Waals surface area contributed by atoms with Gasteiger partial charge in [0.15, 0.2) is 11.4 Å². The lowest BCUT2D eigenvalue weighted by Gasteiger charge is -2.21. The third-order valence-electron chi connectivity index (χ3n) is 5.31. The van der Waals surface area contributed by atoms with Crippen molar-refractivity contribution in [2.75, 3.05) is 23.8 Å². The molecule has 0 aliphatic heterocycles. The molecule has 202 valence electrons. The maximum atomic E-state index is 12.7. The van der Waals surface area contributed by atoms with Gasteiger partial charge in [-0.1, -0.05) is 23.2 Å². The monoisotopic (exact) mass is 662 g/mol. The van der Waals surface area contributed by atoms with E-state index in [4.69, 9.17) is 27.9 Å². The number of aromatic nitrogens is 3. The maximum absolute atomic E-state index is 12.7. The first kappa shape index (κ1) is 31.5. The van der Waals surface area contributed by atoms with Gasteiger partial charge in [0.2, 0.25) is 5.91 Å². The predicted molar refractivity (Wildman–Crippen MR) is 158 cm³/mol. The highest BCUT2D eigenvalue weighted by Crippen LogP contribution is 2.35. The van der Waals surface area contributed by atoms with Crippen LogP contribution in [0.3, 0.4) is 0 Å². The van der Waals surface area contributed by atoms with Crippen molar-refractivity contribution in [3.05, 3.63) is 80.9 Å². The Morgan fingerprint density at radius 1 is 1.16 bits per heavy atom. The summed E-state index contributed by atoms with van der Waals surface area (Å²) >= 11 is 16.6. The standard InChI is InChI=1S/C24H21BrCl2N6O3.2ClH/c1-14-22(25)33-10-4-6-19(23(33)30-14)36-13-16-17(26)7-8-18(21(16)27)32(2)20(34)12-29-24(35)31-15-5-3-9-28-11-15;;/h3-11H,12-13H2,1-2H3,(H2,29,31,35);2*1H. The SMILES string of the molecule is Cc1nc2c(OCc3c(Cl)ccc(N(C)C(=O)CNC(=O)Nc4cccnc4)c3Cl)cccn2c1Br.Cl.Cl. The molecule has 0 bridgehead atoms. The first-order valence-corrected chi connectivity index (χ1v) is 12.3. The van der Waals surface area contributed by atoms with Gasteiger partial charge in [-0.3, -0.25) is 14.2 Å². The van der Waals surface area contributed by atoms with E-state index in [1.165, 1.54) is 11.1 Å². The fraction of sp³-hybridized carbons (Fsp3) is 0.167.